The Kier molecular flexibility index (Phi) is 4.66. The number of rotatable bonds is 4. The largest absolute Gasteiger partial charge is 0.305 e. The molecule has 0 radical (unpaired) electrons. The average Bonchev–Trinajstić information content (AvgIpc) is 2.20. The van der Waals surface area contributed by atoms with Crippen molar-refractivity contribution in [3.8, 4) is 0 Å². The number of Topliss-reactive ketones (excluding diaryl/α,β-unsaturated/α-hetero) is 1. The highest BCUT2D eigenvalue weighted by Gasteiger charge is 2.12. The molecular formula is C13H17ClFNO. The van der Waals surface area contributed by atoms with Crippen molar-refractivity contribution in [3.63, 3.8) is 0 Å². The van der Waals surface area contributed by atoms with Crippen LogP contribution in [0.2, 0.25) is 5.02 Å². The summed E-state index contributed by atoms with van der Waals surface area (Å²) in [5.74, 6) is -0.456. The SMILES string of the molecule is CC(C)(C)NCC(=O)Cc1ccc(Cl)c(F)c1. The number of carbonyl (C=O) groups excluding carboxylic acids is 1. The van der Waals surface area contributed by atoms with Crippen molar-refractivity contribution in [3.05, 3.63) is 34.6 Å². The third-order valence-electron chi connectivity index (χ3n) is 2.20. The Bertz CT molecular complexity index is 412. The number of ketones is 1. The minimum Gasteiger partial charge on any atom is -0.305 e. The zero-order chi connectivity index (χ0) is 13.1. The molecular weight excluding hydrogens is 241 g/mol. The maximum absolute atomic E-state index is 13.1. The van der Waals surface area contributed by atoms with Gasteiger partial charge in [0.25, 0.3) is 0 Å². The Balaban J connectivity index is 2.54. The van der Waals surface area contributed by atoms with Crippen LogP contribution in [-0.2, 0) is 11.2 Å². The Labute approximate surface area is 106 Å². The van der Waals surface area contributed by atoms with E-state index in [1.807, 2.05) is 20.8 Å². The van der Waals surface area contributed by atoms with E-state index in [2.05, 4.69) is 5.32 Å². The molecule has 2 nitrogen and oxygen atoms in total. The van der Waals surface area contributed by atoms with Crippen molar-refractivity contribution in [1.82, 2.24) is 5.32 Å². The smallest absolute Gasteiger partial charge is 0.150 e. The predicted octanol–water partition coefficient (Wildman–Crippen LogP) is 2.98. The molecule has 0 aliphatic carbocycles. The molecule has 0 spiro atoms. The number of benzene rings is 1. The molecule has 4 heteroatoms. The molecule has 0 aromatic heterocycles. The van der Waals surface area contributed by atoms with E-state index in [0.29, 0.717) is 5.56 Å². The summed E-state index contributed by atoms with van der Waals surface area (Å²) in [6.07, 6.45) is 0.219. The van der Waals surface area contributed by atoms with Crippen molar-refractivity contribution in [2.75, 3.05) is 6.54 Å². The lowest BCUT2D eigenvalue weighted by Gasteiger charge is -2.19. The van der Waals surface area contributed by atoms with Crippen LogP contribution in [-0.4, -0.2) is 17.9 Å². The lowest BCUT2D eigenvalue weighted by molar-refractivity contribution is -0.117. The molecule has 1 aromatic rings. The summed E-state index contributed by atoms with van der Waals surface area (Å²) < 4.78 is 13.1. The highest BCUT2D eigenvalue weighted by atomic mass is 35.5. The lowest BCUT2D eigenvalue weighted by Crippen LogP contribution is -2.39. The summed E-state index contributed by atoms with van der Waals surface area (Å²) in [5, 5.41) is 3.18. The molecule has 0 saturated carbocycles. The molecule has 94 valence electrons. The fourth-order valence-corrected chi connectivity index (χ4v) is 1.42. The van der Waals surface area contributed by atoms with Crippen LogP contribution in [0.1, 0.15) is 26.3 Å². The Morgan fingerprint density at radius 2 is 2.06 bits per heavy atom. The fourth-order valence-electron chi connectivity index (χ4n) is 1.30. The third kappa shape index (κ3) is 5.29. The number of nitrogens with one attached hydrogen (secondary N) is 1. The van der Waals surface area contributed by atoms with Gasteiger partial charge in [0.2, 0.25) is 0 Å². The molecule has 0 aliphatic rings. The zero-order valence-corrected chi connectivity index (χ0v) is 11.1. The standard InChI is InChI=1S/C13H17ClFNO/c1-13(2,3)16-8-10(17)6-9-4-5-11(14)12(15)7-9/h4-5,7,16H,6,8H2,1-3H3. The van der Waals surface area contributed by atoms with E-state index in [4.69, 9.17) is 11.6 Å². The summed E-state index contributed by atoms with van der Waals surface area (Å²) >= 11 is 5.57. The van der Waals surface area contributed by atoms with Gasteiger partial charge in [-0.15, -0.1) is 0 Å². The first-order valence-electron chi connectivity index (χ1n) is 5.48. The molecule has 0 heterocycles. The fraction of sp³-hybridized carbons (Fsp3) is 0.462. The second kappa shape index (κ2) is 5.61. The van der Waals surface area contributed by atoms with Gasteiger partial charge in [-0.1, -0.05) is 17.7 Å². The Morgan fingerprint density at radius 3 is 2.59 bits per heavy atom. The molecule has 0 saturated heterocycles. The highest BCUT2D eigenvalue weighted by molar-refractivity contribution is 6.30. The molecule has 0 bridgehead atoms. The van der Waals surface area contributed by atoms with Gasteiger partial charge in [-0.3, -0.25) is 4.79 Å². The van der Waals surface area contributed by atoms with Crippen LogP contribution in [0.15, 0.2) is 18.2 Å². The van der Waals surface area contributed by atoms with Gasteiger partial charge in [0.05, 0.1) is 11.6 Å². The molecule has 1 aromatic carbocycles. The molecule has 0 unspecified atom stereocenters. The van der Waals surface area contributed by atoms with E-state index in [1.54, 1.807) is 6.07 Å². The van der Waals surface area contributed by atoms with E-state index in [9.17, 15) is 9.18 Å². The molecule has 1 rings (SSSR count). The Morgan fingerprint density at radius 1 is 1.41 bits per heavy atom. The monoisotopic (exact) mass is 257 g/mol. The summed E-state index contributed by atoms with van der Waals surface area (Å²) in [6, 6.07) is 4.44. The van der Waals surface area contributed by atoms with Crippen molar-refractivity contribution in [1.29, 1.82) is 0 Å². The van der Waals surface area contributed by atoms with E-state index < -0.39 is 5.82 Å². The normalized spacial score (nSPS) is 11.6. The predicted molar refractivity (Wildman–Crippen MR) is 67.9 cm³/mol. The highest BCUT2D eigenvalue weighted by Crippen LogP contribution is 2.15. The lowest BCUT2D eigenvalue weighted by atomic mass is 10.1. The number of hydrogen-bond donors (Lipinski definition) is 1. The first-order chi connectivity index (χ1) is 7.78. The quantitative estimate of drug-likeness (QED) is 0.899. The maximum atomic E-state index is 13.1. The van der Waals surface area contributed by atoms with Gasteiger partial charge < -0.3 is 5.32 Å². The topological polar surface area (TPSA) is 29.1 Å². The maximum Gasteiger partial charge on any atom is 0.150 e. The number of hydrogen-bond acceptors (Lipinski definition) is 2. The van der Waals surface area contributed by atoms with Crippen LogP contribution in [0, 0.1) is 5.82 Å². The van der Waals surface area contributed by atoms with Crippen LogP contribution in [0.5, 0.6) is 0 Å². The van der Waals surface area contributed by atoms with Gasteiger partial charge in [0.1, 0.15) is 5.82 Å². The number of carbonyl (C=O) groups is 1. The molecule has 0 aliphatic heterocycles. The average molecular weight is 258 g/mol. The summed E-state index contributed by atoms with van der Waals surface area (Å²) in [5.41, 5.74) is 0.550. The second-order valence-corrected chi connectivity index (χ2v) is 5.47. The van der Waals surface area contributed by atoms with Crippen molar-refractivity contribution < 1.29 is 9.18 Å². The summed E-state index contributed by atoms with van der Waals surface area (Å²) in [7, 11) is 0. The summed E-state index contributed by atoms with van der Waals surface area (Å²) in [6.45, 7) is 6.25. The second-order valence-electron chi connectivity index (χ2n) is 5.07. The van der Waals surface area contributed by atoms with Gasteiger partial charge in [-0.25, -0.2) is 4.39 Å². The first-order valence-corrected chi connectivity index (χ1v) is 5.86. The van der Waals surface area contributed by atoms with Crippen LogP contribution >= 0.6 is 11.6 Å². The van der Waals surface area contributed by atoms with E-state index >= 15 is 0 Å². The van der Waals surface area contributed by atoms with E-state index in [1.165, 1.54) is 12.1 Å². The minimum atomic E-state index is -0.485. The van der Waals surface area contributed by atoms with Crippen molar-refractivity contribution >= 4 is 17.4 Å². The van der Waals surface area contributed by atoms with Crippen molar-refractivity contribution in [2.45, 2.75) is 32.7 Å². The molecule has 17 heavy (non-hydrogen) atoms. The first kappa shape index (κ1) is 14.1. The molecule has 1 N–H and O–H groups in total. The minimum absolute atomic E-state index is 0.0293. The van der Waals surface area contributed by atoms with Gasteiger partial charge in [-0.05, 0) is 38.5 Å². The van der Waals surface area contributed by atoms with Gasteiger partial charge in [0, 0.05) is 12.0 Å². The molecule has 0 fully saturated rings. The van der Waals surface area contributed by atoms with Gasteiger partial charge in [0.15, 0.2) is 5.78 Å². The van der Waals surface area contributed by atoms with Crippen LogP contribution in [0.4, 0.5) is 4.39 Å². The van der Waals surface area contributed by atoms with Crippen LogP contribution in [0.3, 0.4) is 0 Å². The summed E-state index contributed by atoms with van der Waals surface area (Å²) in [4.78, 5) is 11.6. The molecule has 0 atom stereocenters. The Hall–Kier alpha value is -0.930. The van der Waals surface area contributed by atoms with E-state index in [-0.39, 0.29) is 29.3 Å². The van der Waals surface area contributed by atoms with Crippen molar-refractivity contribution in [2.24, 2.45) is 0 Å². The van der Waals surface area contributed by atoms with Gasteiger partial charge >= 0.3 is 0 Å². The molecule has 0 amide bonds. The number of halogens is 2. The van der Waals surface area contributed by atoms with Crippen LogP contribution < -0.4 is 5.32 Å². The van der Waals surface area contributed by atoms with Crippen LogP contribution in [0.25, 0.3) is 0 Å². The zero-order valence-electron chi connectivity index (χ0n) is 10.3. The van der Waals surface area contributed by atoms with Gasteiger partial charge in [-0.2, -0.15) is 0 Å². The third-order valence-corrected chi connectivity index (χ3v) is 2.51. The van der Waals surface area contributed by atoms with E-state index in [0.717, 1.165) is 0 Å².